The first kappa shape index (κ1) is 54.0. The average Bonchev–Trinajstić information content (AvgIpc) is 1.09. The molecule has 10 aromatic carbocycles. The van der Waals surface area contributed by atoms with Gasteiger partial charge in [-0.25, -0.2) is 9.97 Å². The third-order valence-corrected chi connectivity index (χ3v) is 17.9. The topological polar surface area (TPSA) is 37.2 Å². The van der Waals surface area contributed by atoms with Gasteiger partial charge in [-0.2, -0.15) is 13.2 Å². The molecule has 410 valence electrons. The van der Waals surface area contributed by atoms with Gasteiger partial charge in [-0.15, -0.1) is 0 Å². The summed E-state index contributed by atoms with van der Waals surface area (Å²) in [6.45, 7) is 4.44. The molecule has 14 rings (SSSR count). The van der Waals surface area contributed by atoms with Gasteiger partial charge in [-0.05, 0) is 207 Å². The number of benzene rings is 10. The number of nitrogens with zero attached hydrogens (tertiary/aromatic N) is 5. The lowest BCUT2D eigenvalue weighted by atomic mass is 9.33. The van der Waals surface area contributed by atoms with E-state index in [1.54, 1.807) is 6.07 Å². The van der Waals surface area contributed by atoms with Crippen molar-refractivity contribution in [3.05, 3.63) is 248 Å². The number of alkyl halides is 3. The molecule has 4 heterocycles. The molecular formula is C73H55BF3I2N5. The number of unbranched alkanes of at least 4 members (excludes halogenated alkanes) is 2. The van der Waals surface area contributed by atoms with E-state index in [4.69, 9.17) is 9.97 Å². The molecule has 0 amide bonds. The van der Waals surface area contributed by atoms with E-state index < -0.39 is 11.7 Å². The van der Waals surface area contributed by atoms with Crippen LogP contribution in [-0.4, -0.2) is 21.2 Å². The maximum atomic E-state index is 15.8. The van der Waals surface area contributed by atoms with Gasteiger partial charge >= 0.3 is 6.18 Å². The summed E-state index contributed by atoms with van der Waals surface area (Å²) in [6, 6.07) is 76.5. The second kappa shape index (κ2) is 22.2. The number of aromatic nitrogens is 3. The highest BCUT2D eigenvalue weighted by molar-refractivity contribution is 14.1. The third-order valence-electron chi connectivity index (χ3n) is 16.6. The van der Waals surface area contributed by atoms with Gasteiger partial charge in [0, 0.05) is 63.2 Å². The molecule has 0 fully saturated rings. The smallest absolute Gasteiger partial charge is 0.311 e. The van der Waals surface area contributed by atoms with Crippen LogP contribution in [0.15, 0.2) is 224 Å². The minimum Gasteiger partial charge on any atom is -0.311 e. The van der Waals surface area contributed by atoms with E-state index in [-0.39, 0.29) is 18.1 Å². The predicted molar refractivity (Wildman–Crippen MR) is 360 cm³/mol. The second-order valence-corrected chi connectivity index (χ2v) is 24.5. The van der Waals surface area contributed by atoms with Crippen molar-refractivity contribution in [3.63, 3.8) is 0 Å². The lowest BCUT2D eigenvalue weighted by Crippen LogP contribution is -2.61. The molecule has 12 aromatic rings. The molecule has 2 aliphatic rings. The lowest BCUT2D eigenvalue weighted by Gasteiger charge is -2.44. The Kier molecular flexibility index (Phi) is 14.3. The summed E-state index contributed by atoms with van der Waals surface area (Å²) < 4.78 is 51.8. The van der Waals surface area contributed by atoms with Crippen LogP contribution in [0, 0.1) is 7.14 Å². The van der Waals surface area contributed by atoms with Crippen molar-refractivity contribution in [1.29, 1.82) is 0 Å². The Bertz CT molecular complexity index is 4340. The summed E-state index contributed by atoms with van der Waals surface area (Å²) >= 11 is 4.98. The van der Waals surface area contributed by atoms with Crippen LogP contribution < -0.4 is 26.2 Å². The Morgan fingerprint density at radius 2 is 0.952 bits per heavy atom. The van der Waals surface area contributed by atoms with Gasteiger partial charge in [-0.3, -0.25) is 0 Å². The maximum absolute atomic E-state index is 15.8. The molecule has 84 heavy (non-hydrogen) atoms. The van der Waals surface area contributed by atoms with E-state index in [2.05, 4.69) is 190 Å². The Hall–Kier alpha value is -8.01. The zero-order valence-corrected chi connectivity index (χ0v) is 50.6. The van der Waals surface area contributed by atoms with Crippen molar-refractivity contribution in [2.75, 3.05) is 9.80 Å². The quantitative estimate of drug-likeness (QED) is 0.0852. The third kappa shape index (κ3) is 9.66. The van der Waals surface area contributed by atoms with Crippen LogP contribution in [-0.2, 0) is 19.0 Å². The predicted octanol–water partition coefficient (Wildman–Crippen LogP) is 19.2. The van der Waals surface area contributed by atoms with Crippen LogP contribution in [0.3, 0.4) is 0 Å². The number of aryl methyl sites for hydroxylation is 2. The van der Waals surface area contributed by atoms with E-state index in [0.717, 1.165) is 123 Å². The fourth-order valence-electron chi connectivity index (χ4n) is 12.9. The molecule has 0 bridgehead atoms. The number of fused-ring (bicyclic) bond motifs is 7. The second-order valence-electron chi connectivity index (χ2n) is 22.0. The number of hydrogen-bond acceptors (Lipinski definition) is 4. The lowest BCUT2D eigenvalue weighted by molar-refractivity contribution is -0.137. The van der Waals surface area contributed by atoms with E-state index in [9.17, 15) is 0 Å². The monoisotopic (exact) mass is 1320 g/mol. The van der Waals surface area contributed by atoms with Crippen molar-refractivity contribution in [3.8, 4) is 50.7 Å². The standard InChI is InChI=1S/C73H55BF3I2N5/c1-3-5-20-46-36-52(78)43-54(38-46)82-65-31-17-14-28-59(65)74-60-29-15-18-32-66(60)83(55-39-47(21-6-4-2)37-53(79)44-55)69-42-51(41-68(82)71(69)74)50-34-35-64-57(40-50)56-26-13-16-30-63(56)84(64)67-33-19-27-58(73(75,76)77)70(67)72-80-61(48-22-9-7-10-23-48)45-62(81-72)49-24-11-8-12-25-49/h7-19,22-45H,3-6,20-21H2,1-2H3. The fraction of sp³-hybridized carbons (Fsp3) is 0.123. The average molecular weight is 1320 g/mol. The van der Waals surface area contributed by atoms with E-state index in [0.29, 0.717) is 17.1 Å². The molecule has 0 aliphatic carbocycles. The normalized spacial score (nSPS) is 12.7. The summed E-state index contributed by atoms with van der Waals surface area (Å²) in [5, 5.41) is 1.81. The molecular weight excluding hydrogens is 1270 g/mol. The minimum absolute atomic E-state index is 0.0181. The summed E-state index contributed by atoms with van der Waals surface area (Å²) in [4.78, 5) is 15.0. The molecule has 0 saturated heterocycles. The van der Waals surface area contributed by atoms with Gasteiger partial charge < -0.3 is 14.4 Å². The first-order valence-corrected chi connectivity index (χ1v) is 31.0. The molecule has 11 heteroatoms. The molecule has 0 spiro atoms. The molecule has 2 aromatic heterocycles. The van der Waals surface area contributed by atoms with Crippen LogP contribution in [0.1, 0.15) is 56.2 Å². The molecule has 0 radical (unpaired) electrons. The molecule has 0 atom stereocenters. The Labute approximate surface area is 515 Å². The minimum atomic E-state index is -4.74. The maximum Gasteiger partial charge on any atom is 0.417 e. The van der Waals surface area contributed by atoms with Gasteiger partial charge in [0.1, 0.15) is 0 Å². The SMILES string of the molecule is CCCCc1cc(I)cc(N2c3ccccc3B3c4ccccc4N(c4cc(I)cc(CCCC)c4)c4cc(-c5ccc6c(c5)c5ccccc5n6-c5cccc(C(F)(F)F)c5-c5nc(-c6ccccc6)cc(-c6ccccc6)n5)cc2c43)c1. The fourth-order valence-corrected chi connectivity index (χ4v) is 14.3. The number of rotatable bonds is 13. The van der Waals surface area contributed by atoms with Crippen molar-refractivity contribution in [2.24, 2.45) is 0 Å². The van der Waals surface area contributed by atoms with Crippen LogP contribution in [0.25, 0.3) is 72.5 Å². The van der Waals surface area contributed by atoms with Crippen molar-refractivity contribution in [2.45, 2.75) is 58.5 Å². The van der Waals surface area contributed by atoms with Crippen molar-refractivity contribution in [1.82, 2.24) is 14.5 Å². The molecule has 2 aliphatic heterocycles. The zero-order valence-electron chi connectivity index (χ0n) is 46.3. The molecule has 5 nitrogen and oxygen atoms in total. The van der Waals surface area contributed by atoms with Crippen molar-refractivity contribution >= 4 is 124 Å². The highest BCUT2D eigenvalue weighted by Crippen LogP contribution is 2.49. The summed E-state index contributed by atoms with van der Waals surface area (Å²) in [6.07, 6.45) is 1.65. The van der Waals surface area contributed by atoms with Crippen LogP contribution in [0.5, 0.6) is 0 Å². The zero-order chi connectivity index (χ0) is 57.2. The molecule has 0 saturated carbocycles. The summed E-state index contributed by atoms with van der Waals surface area (Å²) in [5.41, 5.74) is 18.6. The number of para-hydroxylation sites is 3. The highest BCUT2D eigenvalue weighted by Gasteiger charge is 2.44. The van der Waals surface area contributed by atoms with Crippen LogP contribution in [0.4, 0.5) is 47.3 Å². The number of halogens is 5. The van der Waals surface area contributed by atoms with Crippen LogP contribution in [0.2, 0.25) is 0 Å². The highest BCUT2D eigenvalue weighted by atomic mass is 127. The molecule has 0 N–H and O–H groups in total. The van der Waals surface area contributed by atoms with Gasteiger partial charge in [0.15, 0.2) is 5.82 Å². The van der Waals surface area contributed by atoms with Crippen LogP contribution >= 0.6 is 45.2 Å². The van der Waals surface area contributed by atoms with Gasteiger partial charge in [0.05, 0.1) is 39.2 Å². The first-order chi connectivity index (χ1) is 41.0. The number of hydrogen-bond donors (Lipinski definition) is 0. The summed E-state index contributed by atoms with van der Waals surface area (Å²) in [5.74, 6) is -0.0181. The van der Waals surface area contributed by atoms with Gasteiger partial charge in [0.25, 0.3) is 6.71 Å². The van der Waals surface area contributed by atoms with E-state index >= 15 is 13.2 Å². The first-order valence-electron chi connectivity index (χ1n) is 28.8. The largest absolute Gasteiger partial charge is 0.417 e. The van der Waals surface area contributed by atoms with E-state index in [1.807, 2.05) is 89.5 Å². The number of anilines is 6. The van der Waals surface area contributed by atoms with Gasteiger partial charge in [0.2, 0.25) is 0 Å². The Balaban J connectivity index is 1.02. The summed E-state index contributed by atoms with van der Waals surface area (Å²) in [7, 11) is 0. The van der Waals surface area contributed by atoms with Gasteiger partial charge in [-0.1, -0.05) is 154 Å². The molecule has 0 unspecified atom stereocenters. The Morgan fingerprint density at radius 1 is 0.440 bits per heavy atom. The van der Waals surface area contributed by atoms with E-state index in [1.165, 1.54) is 40.7 Å². The van der Waals surface area contributed by atoms with Crippen molar-refractivity contribution < 1.29 is 13.2 Å². The Morgan fingerprint density at radius 3 is 1.51 bits per heavy atom.